The first-order valence-corrected chi connectivity index (χ1v) is 7.20. The minimum absolute atomic E-state index is 0.0155. The first-order chi connectivity index (χ1) is 10.6. The second kappa shape index (κ2) is 7.32. The molecule has 9 nitrogen and oxygen atoms in total. The van der Waals surface area contributed by atoms with Crippen molar-refractivity contribution in [3.8, 4) is 0 Å². The van der Waals surface area contributed by atoms with Crippen molar-refractivity contribution in [2.45, 2.75) is 32.4 Å². The number of hydrogen-bond acceptors (Lipinski definition) is 6. The number of imide groups is 2. The molecular formula is C14H22N4O5. The lowest BCUT2D eigenvalue weighted by atomic mass is 10.1. The van der Waals surface area contributed by atoms with E-state index in [1.54, 1.807) is 7.05 Å². The van der Waals surface area contributed by atoms with Gasteiger partial charge >= 0.3 is 6.03 Å². The number of amides is 5. The van der Waals surface area contributed by atoms with E-state index in [0.717, 1.165) is 9.80 Å². The highest BCUT2D eigenvalue weighted by atomic mass is 16.2. The number of ketones is 1. The van der Waals surface area contributed by atoms with E-state index in [4.69, 9.17) is 0 Å². The normalized spacial score (nSPS) is 18.0. The molecule has 1 N–H and O–H groups in total. The molecule has 1 heterocycles. The van der Waals surface area contributed by atoms with Crippen molar-refractivity contribution in [3.63, 3.8) is 0 Å². The van der Waals surface area contributed by atoms with Crippen LogP contribution in [0.3, 0.4) is 0 Å². The van der Waals surface area contributed by atoms with Gasteiger partial charge in [-0.3, -0.25) is 29.0 Å². The van der Waals surface area contributed by atoms with E-state index in [9.17, 15) is 24.0 Å². The molecule has 2 atom stereocenters. The fraction of sp³-hybridized carbons (Fsp3) is 0.643. The number of carbonyl (C=O) groups excluding carboxylic acids is 5. The highest BCUT2D eigenvalue weighted by Crippen LogP contribution is 2.19. The molecule has 0 aromatic heterocycles. The molecule has 0 spiro atoms. The molecule has 0 saturated carbocycles. The average molecular weight is 326 g/mol. The Balaban J connectivity index is 3.09. The van der Waals surface area contributed by atoms with Gasteiger partial charge in [-0.25, -0.2) is 4.79 Å². The van der Waals surface area contributed by atoms with E-state index in [1.165, 1.54) is 32.8 Å². The largest absolute Gasteiger partial charge is 0.347 e. The fourth-order valence-electron chi connectivity index (χ4n) is 2.34. The predicted octanol–water partition coefficient (Wildman–Crippen LogP) is -1.18. The molecule has 23 heavy (non-hydrogen) atoms. The predicted molar refractivity (Wildman–Crippen MR) is 80.3 cm³/mol. The van der Waals surface area contributed by atoms with Crippen LogP contribution in [0.25, 0.3) is 0 Å². The molecule has 0 aromatic rings. The highest BCUT2D eigenvalue weighted by Gasteiger charge is 2.45. The van der Waals surface area contributed by atoms with Gasteiger partial charge in [0, 0.05) is 14.1 Å². The number of urea groups is 1. The lowest BCUT2D eigenvalue weighted by Crippen LogP contribution is -2.63. The molecule has 0 aromatic carbocycles. The van der Waals surface area contributed by atoms with E-state index in [2.05, 4.69) is 5.32 Å². The van der Waals surface area contributed by atoms with E-state index >= 15 is 0 Å². The maximum Gasteiger partial charge on any atom is 0.334 e. The third kappa shape index (κ3) is 3.73. The lowest BCUT2D eigenvalue weighted by molar-refractivity contribution is -0.151. The minimum Gasteiger partial charge on any atom is -0.347 e. The molecule has 2 unspecified atom stereocenters. The Morgan fingerprint density at radius 1 is 1.09 bits per heavy atom. The van der Waals surface area contributed by atoms with Crippen LogP contribution in [0.4, 0.5) is 4.79 Å². The minimum atomic E-state index is -1.05. The smallest absolute Gasteiger partial charge is 0.334 e. The van der Waals surface area contributed by atoms with Crippen molar-refractivity contribution < 1.29 is 24.0 Å². The van der Waals surface area contributed by atoms with Crippen LogP contribution in [0.5, 0.6) is 0 Å². The van der Waals surface area contributed by atoms with Gasteiger partial charge in [0.15, 0.2) is 5.78 Å². The molecule has 1 saturated heterocycles. The zero-order chi connectivity index (χ0) is 17.9. The van der Waals surface area contributed by atoms with Crippen molar-refractivity contribution in [3.05, 3.63) is 0 Å². The SMILES string of the molecule is CNCC(=O)C(C)N1C(=O)CC(=O)N(C(C)C(=O)N(C)C)C1=O. The summed E-state index contributed by atoms with van der Waals surface area (Å²) in [5.74, 6) is -2.30. The van der Waals surface area contributed by atoms with Gasteiger partial charge in [0.1, 0.15) is 12.5 Å². The molecule has 0 aliphatic carbocycles. The molecule has 1 aliphatic rings. The number of rotatable bonds is 6. The Morgan fingerprint density at radius 3 is 2.00 bits per heavy atom. The van der Waals surface area contributed by atoms with Gasteiger partial charge in [-0.15, -0.1) is 0 Å². The second-order valence-corrected chi connectivity index (χ2v) is 5.57. The van der Waals surface area contributed by atoms with Gasteiger partial charge in [-0.05, 0) is 20.9 Å². The van der Waals surface area contributed by atoms with Gasteiger partial charge in [-0.1, -0.05) is 0 Å². The summed E-state index contributed by atoms with van der Waals surface area (Å²) in [7, 11) is 4.57. The van der Waals surface area contributed by atoms with Crippen molar-refractivity contribution >= 4 is 29.5 Å². The molecule has 128 valence electrons. The summed E-state index contributed by atoms with van der Waals surface area (Å²) in [6.07, 6.45) is -0.548. The molecule has 1 aliphatic heterocycles. The Labute approximate surface area is 134 Å². The highest BCUT2D eigenvalue weighted by molar-refractivity contribution is 6.17. The summed E-state index contributed by atoms with van der Waals surface area (Å²) in [6, 6.07) is -3.00. The summed E-state index contributed by atoms with van der Waals surface area (Å²) in [4.78, 5) is 63.3. The Hall–Kier alpha value is -2.29. The number of Topliss-reactive ketones (excluding diaryl/α,β-unsaturated/α-hetero) is 1. The van der Waals surface area contributed by atoms with E-state index in [-0.39, 0.29) is 12.3 Å². The monoisotopic (exact) mass is 326 g/mol. The van der Waals surface area contributed by atoms with Crippen LogP contribution in [0, 0.1) is 0 Å². The topological polar surface area (TPSA) is 107 Å². The average Bonchev–Trinajstić information content (AvgIpc) is 2.45. The van der Waals surface area contributed by atoms with Gasteiger partial charge in [0.25, 0.3) is 0 Å². The van der Waals surface area contributed by atoms with Crippen LogP contribution >= 0.6 is 0 Å². The van der Waals surface area contributed by atoms with Gasteiger partial charge < -0.3 is 10.2 Å². The summed E-state index contributed by atoms with van der Waals surface area (Å²) in [5, 5.41) is 2.65. The van der Waals surface area contributed by atoms with Crippen molar-refractivity contribution in [2.24, 2.45) is 0 Å². The van der Waals surface area contributed by atoms with E-state index in [0.29, 0.717) is 0 Å². The van der Waals surface area contributed by atoms with Crippen molar-refractivity contribution in [2.75, 3.05) is 27.7 Å². The standard InChI is InChI=1S/C14H22N4O5/c1-8(10(19)7-15-3)17-11(20)6-12(21)18(14(17)23)9(2)13(22)16(4)5/h8-9,15H,6-7H2,1-5H3. The van der Waals surface area contributed by atoms with Crippen LogP contribution in [0.15, 0.2) is 0 Å². The van der Waals surface area contributed by atoms with Crippen molar-refractivity contribution in [1.29, 1.82) is 0 Å². The number of likely N-dealkylation sites (N-methyl/N-ethyl adjacent to an activating group) is 2. The second-order valence-electron chi connectivity index (χ2n) is 5.57. The number of hydrogen-bond donors (Lipinski definition) is 1. The maximum atomic E-state index is 12.5. The molecule has 0 radical (unpaired) electrons. The summed E-state index contributed by atoms with van der Waals surface area (Å²) < 4.78 is 0. The Morgan fingerprint density at radius 2 is 1.57 bits per heavy atom. The summed E-state index contributed by atoms with van der Waals surface area (Å²) in [6.45, 7) is 2.81. The van der Waals surface area contributed by atoms with E-state index < -0.39 is 42.3 Å². The molecule has 5 amide bonds. The number of nitrogens with zero attached hydrogens (tertiary/aromatic N) is 3. The summed E-state index contributed by atoms with van der Waals surface area (Å²) in [5.41, 5.74) is 0. The van der Waals surface area contributed by atoms with Crippen LogP contribution < -0.4 is 5.32 Å². The Bertz CT molecular complexity index is 545. The van der Waals surface area contributed by atoms with Gasteiger partial charge in [0.2, 0.25) is 17.7 Å². The third-order valence-electron chi connectivity index (χ3n) is 3.64. The third-order valence-corrected chi connectivity index (χ3v) is 3.64. The van der Waals surface area contributed by atoms with Gasteiger partial charge in [0.05, 0.1) is 12.6 Å². The fourth-order valence-corrected chi connectivity index (χ4v) is 2.34. The number of barbiturate groups is 1. The molecule has 9 heteroatoms. The molecule has 0 bridgehead atoms. The quantitative estimate of drug-likeness (QED) is 0.616. The van der Waals surface area contributed by atoms with Crippen LogP contribution in [-0.2, 0) is 19.2 Å². The number of carbonyl (C=O) groups is 5. The number of nitrogens with one attached hydrogen (secondary N) is 1. The van der Waals surface area contributed by atoms with Crippen LogP contribution in [0.1, 0.15) is 20.3 Å². The zero-order valence-electron chi connectivity index (χ0n) is 14.0. The summed E-state index contributed by atoms with van der Waals surface area (Å²) >= 11 is 0. The first-order valence-electron chi connectivity index (χ1n) is 7.20. The molecular weight excluding hydrogens is 304 g/mol. The zero-order valence-corrected chi connectivity index (χ0v) is 14.0. The lowest BCUT2D eigenvalue weighted by Gasteiger charge is -2.38. The first kappa shape index (κ1) is 18.8. The molecule has 1 fully saturated rings. The molecule has 1 rings (SSSR count). The maximum absolute atomic E-state index is 12.5. The van der Waals surface area contributed by atoms with Gasteiger partial charge in [-0.2, -0.15) is 0 Å². The van der Waals surface area contributed by atoms with Crippen molar-refractivity contribution in [1.82, 2.24) is 20.0 Å². The van der Waals surface area contributed by atoms with Crippen LogP contribution in [0.2, 0.25) is 0 Å². The Kier molecular flexibility index (Phi) is 5.97. The van der Waals surface area contributed by atoms with Crippen LogP contribution in [-0.4, -0.2) is 84.0 Å². The van der Waals surface area contributed by atoms with E-state index in [1.807, 2.05) is 0 Å².